The van der Waals surface area contributed by atoms with E-state index in [0.717, 1.165) is 76.5 Å². The van der Waals surface area contributed by atoms with Crippen LogP contribution >= 0.6 is 0 Å². The van der Waals surface area contributed by atoms with Gasteiger partial charge in [-0.05, 0) is 172 Å². The molecule has 2 aliphatic rings. The molecule has 2 amide bonds. The molecule has 484 valence electrons. The maximum atomic E-state index is 12.4. The van der Waals surface area contributed by atoms with Crippen LogP contribution in [0.25, 0.3) is 55.3 Å². The van der Waals surface area contributed by atoms with Gasteiger partial charge >= 0.3 is 45.6 Å². The third-order valence-corrected chi connectivity index (χ3v) is 12.6. The molecule has 2 saturated heterocycles. The van der Waals surface area contributed by atoms with Gasteiger partial charge in [-0.1, -0.05) is 84.9 Å². The van der Waals surface area contributed by atoms with Gasteiger partial charge in [-0.25, -0.2) is 23.6 Å². The quantitative estimate of drug-likeness (QED) is 0.0306. The van der Waals surface area contributed by atoms with Crippen LogP contribution in [0.2, 0.25) is 0 Å². The van der Waals surface area contributed by atoms with Crippen LogP contribution in [0.15, 0.2) is 152 Å². The third-order valence-electron chi connectivity index (χ3n) is 12.6. The Bertz CT molecular complexity index is 3880. The van der Waals surface area contributed by atoms with Crippen molar-refractivity contribution in [2.24, 2.45) is 0 Å². The minimum absolute atomic E-state index is 0. The number of hydrogen-bond acceptors (Lipinski definition) is 15. The number of fused-ring (bicyclic) bond motifs is 3. The van der Waals surface area contributed by atoms with Crippen LogP contribution in [0.1, 0.15) is 109 Å². The Labute approximate surface area is 558 Å². The summed E-state index contributed by atoms with van der Waals surface area (Å²) >= 11 is 0. The number of anilines is 3. The van der Waals surface area contributed by atoms with Crippen molar-refractivity contribution in [3.63, 3.8) is 0 Å². The number of aromatic nitrogens is 6. The largest absolute Gasteiger partial charge is 2.00 e. The second kappa shape index (κ2) is 35.3. The predicted molar refractivity (Wildman–Crippen MR) is 355 cm³/mol. The van der Waals surface area contributed by atoms with Gasteiger partial charge in [0.25, 0.3) is 0 Å². The fourth-order valence-electron chi connectivity index (χ4n) is 8.53. The number of nitrogen functional groups attached to an aromatic ring is 1. The standard InChI is InChI=1S/C21H25N3O3.C20H21N3O4.C16H15N3.2C4H8O.CH3.BrH.Mg.H2O4S/c1-20(2,3)27-19(25)22-18-16-12-11-14(21(4,5)26)13-17(16)23-24(18)15-9-7-6-8-10-15;1-20(2,3)27-19(26)21-18-15-10-9-13(17(25)12-24)11-16(15)22-23(18)14-7-5-4-6-8-14;1-11(2)12-8-9-14-15(10-12)18-19(16(14)17)13-6-4-3-5-7-13;2*1-2-4-5-3-1;;;;1-5(2,3)4/h6-13,26H,1-5H3,(H,22,25);4-11,24H,12H2,1-3H3,(H,21,26);3-10H,1,17H2,2H3;2*1-4H2;1H3;1H;;(H2,1,2,3,4)/q;;;;;-1;;+2;/p-1. The minimum atomic E-state index is -4.67. The van der Waals surface area contributed by atoms with Crippen LogP contribution in [0, 0.1) is 7.43 Å². The molecule has 0 saturated carbocycles. The van der Waals surface area contributed by atoms with Crippen LogP contribution in [-0.2, 0) is 34.9 Å². The van der Waals surface area contributed by atoms with Crippen LogP contribution in [0.3, 0.4) is 0 Å². The van der Waals surface area contributed by atoms with Gasteiger partial charge in [-0.3, -0.25) is 24.5 Å². The number of ether oxygens (including phenoxy) is 4. The van der Waals surface area contributed by atoms with Gasteiger partial charge in [0, 0.05) is 48.1 Å². The van der Waals surface area contributed by atoms with E-state index < -0.39 is 51.8 Å². The summed E-state index contributed by atoms with van der Waals surface area (Å²) in [5.41, 5.74) is 11.8. The molecule has 11 rings (SSSR count). The van der Waals surface area contributed by atoms with Gasteiger partial charge in [0.05, 0.1) is 39.2 Å². The molecule has 91 heavy (non-hydrogen) atoms. The number of para-hydroxylation sites is 3. The van der Waals surface area contributed by atoms with Gasteiger partial charge < -0.3 is 59.3 Å². The van der Waals surface area contributed by atoms with Crippen LogP contribution < -0.4 is 33.3 Å². The molecule has 0 spiro atoms. The van der Waals surface area contributed by atoms with Gasteiger partial charge in [0.15, 0.2) is 5.78 Å². The van der Waals surface area contributed by atoms with E-state index in [0.29, 0.717) is 39.4 Å². The van der Waals surface area contributed by atoms with Crippen molar-refractivity contribution >= 4 is 107 Å². The molecule has 9 aromatic rings. The molecular weight excluding hydrogens is 1260 g/mol. The molecular formula is C66H82BrMgN9O13S. The first-order chi connectivity index (χ1) is 41.5. The van der Waals surface area contributed by atoms with Crippen LogP contribution in [-0.4, -0.2) is 142 Å². The molecule has 25 heteroatoms. The van der Waals surface area contributed by atoms with E-state index in [9.17, 15) is 19.5 Å². The van der Waals surface area contributed by atoms with Crippen molar-refractivity contribution in [1.29, 1.82) is 0 Å². The van der Waals surface area contributed by atoms with E-state index in [-0.39, 0.29) is 47.5 Å². The number of nitrogens with two attached hydrogens (primary N) is 1. The molecule has 8 N–H and O–H groups in total. The maximum Gasteiger partial charge on any atom is 2.00 e. The van der Waals surface area contributed by atoms with Crippen molar-refractivity contribution < 1.29 is 78.0 Å². The molecule has 5 heterocycles. The summed E-state index contributed by atoms with van der Waals surface area (Å²) in [7, 11) is -4.67. The van der Waals surface area contributed by atoms with E-state index >= 15 is 0 Å². The van der Waals surface area contributed by atoms with E-state index in [2.05, 4.69) is 32.5 Å². The summed E-state index contributed by atoms with van der Waals surface area (Å²) in [5, 5.41) is 41.1. The van der Waals surface area contributed by atoms with Gasteiger partial charge in [-0.15, -0.1) is 0 Å². The molecule has 0 aliphatic carbocycles. The number of allylic oxidation sites excluding steroid dienone is 1. The molecule has 0 unspecified atom stereocenters. The molecule has 2 fully saturated rings. The Kier molecular flexibility index (Phi) is 30.1. The van der Waals surface area contributed by atoms with E-state index in [1.54, 1.807) is 66.9 Å². The van der Waals surface area contributed by atoms with Gasteiger partial charge in [-0.2, -0.15) is 23.7 Å². The second-order valence-electron chi connectivity index (χ2n) is 22.8. The zero-order chi connectivity index (χ0) is 64.4. The number of aliphatic hydroxyl groups excluding tert-OH is 1. The SMILES string of the molecule is C1CCOC1.C1CCOC1.C=C(C)c1ccc2c(N)n(-c3ccccc3)nc2c1.CC(C)(C)OC(=O)Nc1c2ccc(C(=O)CO)cc2nn1-c1ccccc1.CC(C)(C)OC(=O)Nc1c2ccc(C(C)(C)O)cc2nn1-c1ccccc1.O=S(=O)(O)O.[Br-].[CH3-].[Mg+2]. The van der Waals surface area contributed by atoms with E-state index in [1.165, 1.54) is 25.7 Å². The molecule has 3 aromatic heterocycles. The zero-order valence-corrected chi connectivity index (χ0v) is 57.0. The minimum Gasteiger partial charge on any atom is -1.00 e. The first-order valence-corrected chi connectivity index (χ1v) is 29.8. The first kappa shape index (κ1) is 77.7. The Hall–Kier alpha value is -7.56. The number of halogens is 1. The number of hydrogen-bond donors (Lipinski definition) is 7. The topological polar surface area (TPSA) is 307 Å². The Morgan fingerprint density at radius 1 is 0.582 bits per heavy atom. The number of carbonyl (C=O) groups excluding carboxylic acids is 3. The Morgan fingerprint density at radius 2 is 0.923 bits per heavy atom. The van der Waals surface area contributed by atoms with Crippen molar-refractivity contribution in [3.05, 3.63) is 176 Å². The smallest absolute Gasteiger partial charge is 1.00 e. The average molecular weight is 1350 g/mol. The fraction of sp³-hybridized carbons (Fsp3) is 0.318. The summed E-state index contributed by atoms with van der Waals surface area (Å²) in [6, 6.07) is 45.2. The molecule has 6 aromatic carbocycles. The Morgan fingerprint density at radius 3 is 1.29 bits per heavy atom. The average Bonchev–Trinajstić information content (AvgIpc) is 1.66. The molecule has 0 radical (unpaired) electrons. The summed E-state index contributed by atoms with van der Waals surface area (Å²) in [6.07, 6.45) is 3.96. The fourth-order valence-corrected chi connectivity index (χ4v) is 8.53. The predicted octanol–water partition coefficient (Wildman–Crippen LogP) is 9.80. The van der Waals surface area contributed by atoms with Crippen molar-refractivity contribution in [1.82, 2.24) is 29.3 Å². The summed E-state index contributed by atoms with van der Waals surface area (Å²) in [4.78, 5) is 36.5. The van der Waals surface area contributed by atoms with Crippen molar-refractivity contribution in [2.75, 3.05) is 49.4 Å². The third kappa shape index (κ3) is 24.5. The summed E-state index contributed by atoms with van der Waals surface area (Å²) in [6.45, 7) is 23.6. The number of carbonyl (C=O) groups is 3. The molecule has 0 bridgehead atoms. The number of amides is 2. The van der Waals surface area contributed by atoms with Gasteiger partial charge in [0.2, 0.25) is 0 Å². The summed E-state index contributed by atoms with van der Waals surface area (Å²) in [5.74, 6) is 1.23. The molecule has 2 aliphatic heterocycles. The monoisotopic (exact) mass is 1340 g/mol. The van der Waals surface area contributed by atoms with Crippen molar-refractivity contribution in [3.8, 4) is 17.1 Å². The van der Waals surface area contributed by atoms with Gasteiger partial charge in [0.1, 0.15) is 35.3 Å². The zero-order valence-electron chi connectivity index (χ0n) is 53.1. The molecule has 22 nitrogen and oxygen atoms in total. The van der Waals surface area contributed by atoms with Crippen molar-refractivity contribution in [2.45, 2.75) is 105 Å². The molecule has 0 atom stereocenters. The second-order valence-corrected chi connectivity index (χ2v) is 23.7. The number of rotatable bonds is 9. The number of ketones is 1. The number of nitrogens with one attached hydrogen (secondary N) is 2. The van der Waals surface area contributed by atoms with E-state index in [1.807, 2.05) is 155 Å². The summed E-state index contributed by atoms with van der Waals surface area (Å²) < 4.78 is 57.2. The maximum absolute atomic E-state index is 12.4. The number of aliphatic hydroxyl groups is 2. The first-order valence-electron chi connectivity index (χ1n) is 28.4. The number of benzene rings is 6. The normalized spacial score (nSPS) is 12.5. The number of nitrogens with zero attached hydrogens (tertiary/aromatic N) is 6. The number of Topliss-reactive ketones (excluding diaryl/α,β-unsaturated/α-hetero) is 1. The van der Waals surface area contributed by atoms with Crippen LogP contribution in [0.5, 0.6) is 0 Å². The van der Waals surface area contributed by atoms with Crippen LogP contribution in [0.4, 0.5) is 27.0 Å². The van der Waals surface area contributed by atoms with E-state index in [4.69, 9.17) is 47.3 Å². The Balaban J connectivity index is 0.000000316.